The Balaban J connectivity index is 1.61. The number of carbonyl (C=O) groups excluding carboxylic acids is 1. The molecule has 5 nitrogen and oxygen atoms in total. The molecule has 1 amide bonds. The number of nitrogens with zero attached hydrogens (tertiary/aromatic N) is 1. The zero-order valence-electron chi connectivity index (χ0n) is 18.4. The highest BCUT2D eigenvalue weighted by Crippen LogP contribution is 2.38. The van der Waals surface area contributed by atoms with Gasteiger partial charge in [-0.2, -0.15) is 0 Å². The number of phenolic OH excluding ortho intramolecular Hbond substituents is 1. The van der Waals surface area contributed by atoms with Crippen LogP contribution in [0.3, 0.4) is 0 Å². The predicted molar refractivity (Wildman–Crippen MR) is 119 cm³/mol. The summed E-state index contributed by atoms with van der Waals surface area (Å²) in [5.74, 6) is 0.241. The van der Waals surface area contributed by atoms with Crippen molar-refractivity contribution < 1.29 is 19.7 Å². The normalized spacial score (nSPS) is 17.4. The number of hydrogen-bond donors (Lipinski definition) is 2. The lowest BCUT2D eigenvalue weighted by Crippen LogP contribution is -2.39. The topological polar surface area (TPSA) is 70.0 Å². The highest BCUT2D eigenvalue weighted by molar-refractivity contribution is 5.90. The summed E-state index contributed by atoms with van der Waals surface area (Å²) in [5, 5.41) is 20.3. The van der Waals surface area contributed by atoms with E-state index in [1.807, 2.05) is 44.2 Å². The summed E-state index contributed by atoms with van der Waals surface area (Å²) in [7, 11) is 0. The fourth-order valence-corrected chi connectivity index (χ4v) is 3.99. The fourth-order valence-electron chi connectivity index (χ4n) is 3.99. The number of anilines is 1. The first-order chi connectivity index (χ1) is 14.2. The molecular weight excluding hydrogens is 378 g/mol. The molecule has 0 aromatic heterocycles. The van der Waals surface area contributed by atoms with Gasteiger partial charge in [0.1, 0.15) is 11.9 Å². The van der Waals surface area contributed by atoms with Crippen LogP contribution < -0.4 is 4.90 Å². The smallest absolute Gasteiger partial charge is 0.414 e. The molecule has 0 spiro atoms. The van der Waals surface area contributed by atoms with Gasteiger partial charge >= 0.3 is 6.09 Å². The molecule has 0 saturated carbocycles. The average Bonchev–Trinajstić information content (AvgIpc) is 2.72. The minimum atomic E-state index is -0.574. The molecule has 30 heavy (non-hydrogen) atoms. The van der Waals surface area contributed by atoms with Crippen LogP contribution in [0.15, 0.2) is 42.5 Å². The summed E-state index contributed by atoms with van der Waals surface area (Å²) < 4.78 is 5.64. The number of aliphatic hydroxyl groups excluding tert-OH is 1. The maximum absolute atomic E-state index is 12.6. The van der Waals surface area contributed by atoms with Crippen LogP contribution in [0.25, 0.3) is 0 Å². The second kappa shape index (κ2) is 9.09. The second-order valence-corrected chi connectivity index (χ2v) is 9.01. The first-order valence-electron chi connectivity index (χ1n) is 10.8. The number of aromatic hydroxyl groups is 1. The van der Waals surface area contributed by atoms with Gasteiger partial charge in [0, 0.05) is 12.1 Å². The van der Waals surface area contributed by atoms with Crippen LogP contribution in [-0.4, -0.2) is 22.9 Å². The van der Waals surface area contributed by atoms with Gasteiger partial charge in [0.25, 0.3) is 0 Å². The number of fused-ring (bicyclic) bond motifs is 1. The first-order valence-corrected chi connectivity index (χ1v) is 10.8. The molecule has 0 radical (unpaired) electrons. The van der Waals surface area contributed by atoms with Crippen molar-refractivity contribution in [3.63, 3.8) is 0 Å². The number of phenols is 1. The zero-order chi connectivity index (χ0) is 21.9. The number of cyclic esters (lactones) is 1. The monoisotopic (exact) mass is 411 g/mol. The van der Waals surface area contributed by atoms with Crippen LogP contribution in [0, 0.1) is 12.3 Å². The van der Waals surface area contributed by atoms with E-state index in [-0.39, 0.29) is 23.4 Å². The molecule has 2 unspecified atom stereocenters. The number of ether oxygens (including phenoxy) is 1. The van der Waals surface area contributed by atoms with E-state index in [1.54, 1.807) is 17.0 Å². The number of rotatable bonds is 8. The van der Waals surface area contributed by atoms with Gasteiger partial charge in [0.2, 0.25) is 0 Å². The van der Waals surface area contributed by atoms with Crippen molar-refractivity contribution in [3.05, 3.63) is 59.2 Å². The van der Waals surface area contributed by atoms with Crippen LogP contribution >= 0.6 is 0 Å². The first kappa shape index (κ1) is 22.2. The van der Waals surface area contributed by atoms with Crippen molar-refractivity contribution in [2.45, 2.75) is 65.6 Å². The van der Waals surface area contributed by atoms with E-state index in [0.717, 1.165) is 41.6 Å². The molecule has 5 heteroatoms. The van der Waals surface area contributed by atoms with E-state index in [9.17, 15) is 15.0 Å². The lowest BCUT2D eigenvalue weighted by Gasteiger charge is -2.35. The van der Waals surface area contributed by atoms with Crippen molar-refractivity contribution >= 4 is 11.8 Å². The fraction of sp³-hybridized carbons (Fsp3) is 0.480. The third kappa shape index (κ3) is 4.96. The Bertz CT molecular complexity index is 892. The van der Waals surface area contributed by atoms with Crippen molar-refractivity contribution in [2.24, 2.45) is 5.41 Å². The predicted octanol–water partition coefficient (Wildman–Crippen LogP) is 6.04. The van der Waals surface area contributed by atoms with Crippen LogP contribution in [0.1, 0.15) is 75.4 Å². The molecule has 0 saturated heterocycles. The lowest BCUT2D eigenvalue weighted by atomic mass is 9.82. The third-order valence-corrected chi connectivity index (χ3v) is 6.12. The van der Waals surface area contributed by atoms with Gasteiger partial charge in [-0.3, -0.25) is 4.90 Å². The van der Waals surface area contributed by atoms with Gasteiger partial charge in [-0.1, -0.05) is 45.0 Å². The van der Waals surface area contributed by atoms with Gasteiger partial charge in [0.15, 0.2) is 0 Å². The number of carbonyl (C=O) groups is 1. The summed E-state index contributed by atoms with van der Waals surface area (Å²) in [4.78, 5) is 14.3. The molecule has 2 N–H and O–H groups in total. The summed E-state index contributed by atoms with van der Waals surface area (Å²) >= 11 is 0. The van der Waals surface area contributed by atoms with E-state index in [1.165, 1.54) is 0 Å². The SMILES string of the molecule is CCC1OC(=O)N(CCC(C)(C)CCC(O)c2ccc(O)c(C)c2)c2ccccc21. The summed E-state index contributed by atoms with van der Waals surface area (Å²) in [6.45, 7) is 8.76. The highest BCUT2D eigenvalue weighted by atomic mass is 16.6. The molecule has 0 aliphatic carbocycles. The van der Waals surface area contributed by atoms with Crippen LogP contribution in [-0.2, 0) is 4.74 Å². The van der Waals surface area contributed by atoms with E-state index in [2.05, 4.69) is 13.8 Å². The standard InChI is InChI=1S/C25H33NO4/c1-5-23-19-8-6-7-9-20(19)26(24(29)30-23)15-14-25(3,4)13-12-22(28)18-10-11-21(27)17(2)16-18/h6-11,16,22-23,27-28H,5,12-15H2,1-4H3. The Morgan fingerprint density at radius 1 is 1.17 bits per heavy atom. The lowest BCUT2D eigenvalue weighted by molar-refractivity contribution is 0.0939. The number of hydrogen-bond acceptors (Lipinski definition) is 4. The van der Waals surface area contributed by atoms with Crippen molar-refractivity contribution in [1.29, 1.82) is 0 Å². The second-order valence-electron chi connectivity index (χ2n) is 9.01. The molecule has 162 valence electrons. The molecular formula is C25H33NO4. The van der Waals surface area contributed by atoms with E-state index in [4.69, 9.17) is 4.74 Å². The maximum Gasteiger partial charge on any atom is 0.414 e. The molecule has 3 rings (SSSR count). The molecule has 2 aromatic carbocycles. The Kier molecular flexibility index (Phi) is 6.71. The van der Waals surface area contributed by atoms with Gasteiger partial charge in [0.05, 0.1) is 11.8 Å². The van der Waals surface area contributed by atoms with Crippen molar-refractivity contribution in [3.8, 4) is 5.75 Å². The summed E-state index contributed by atoms with van der Waals surface area (Å²) in [6, 6.07) is 13.2. The number of para-hydroxylation sites is 1. The summed E-state index contributed by atoms with van der Waals surface area (Å²) in [5.41, 5.74) is 3.54. The van der Waals surface area contributed by atoms with E-state index in [0.29, 0.717) is 13.0 Å². The molecule has 0 fully saturated rings. The van der Waals surface area contributed by atoms with Crippen LogP contribution in [0.4, 0.5) is 10.5 Å². The largest absolute Gasteiger partial charge is 0.508 e. The van der Waals surface area contributed by atoms with Gasteiger partial charge < -0.3 is 14.9 Å². The Morgan fingerprint density at radius 3 is 2.60 bits per heavy atom. The molecule has 1 aliphatic heterocycles. The van der Waals surface area contributed by atoms with Crippen molar-refractivity contribution in [1.82, 2.24) is 0 Å². The number of aliphatic hydroxyl groups is 1. The average molecular weight is 412 g/mol. The highest BCUT2D eigenvalue weighted by Gasteiger charge is 2.32. The maximum atomic E-state index is 12.6. The van der Waals surface area contributed by atoms with Crippen LogP contribution in [0.5, 0.6) is 5.75 Å². The quantitative estimate of drug-likeness (QED) is 0.556. The molecule has 1 heterocycles. The minimum absolute atomic E-state index is 0.0518. The molecule has 2 aromatic rings. The number of aryl methyl sites for hydroxylation is 1. The number of amides is 1. The van der Waals surface area contributed by atoms with Gasteiger partial charge in [-0.25, -0.2) is 4.79 Å². The Morgan fingerprint density at radius 2 is 1.90 bits per heavy atom. The zero-order valence-corrected chi connectivity index (χ0v) is 18.4. The van der Waals surface area contributed by atoms with E-state index < -0.39 is 6.10 Å². The third-order valence-electron chi connectivity index (χ3n) is 6.12. The number of benzene rings is 2. The summed E-state index contributed by atoms with van der Waals surface area (Å²) in [6.07, 6.45) is 1.96. The Labute approximate surface area is 179 Å². The molecule has 0 bridgehead atoms. The van der Waals surface area contributed by atoms with Crippen LogP contribution in [0.2, 0.25) is 0 Å². The van der Waals surface area contributed by atoms with E-state index >= 15 is 0 Å². The minimum Gasteiger partial charge on any atom is -0.508 e. The van der Waals surface area contributed by atoms with Crippen molar-refractivity contribution in [2.75, 3.05) is 11.4 Å². The Hall–Kier alpha value is -2.53. The molecule has 1 aliphatic rings. The van der Waals surface area contributed by atoms with Gasteiger partial charge in [-0.15, -0.1) is 0 Å². The molecule has 2 atom stereocenters. The van der Waals surface area contributed by atoms with Gasteiger partial charge in [-0.05, 0) is 67.3 Å².